The van der Waals surface area contributed by atoms with Crippen molar-refractivity contribution in [2.75, 3.05) is 6.61 Å². The largest absolute Gasteiger partial charge is 0.392 e. The third-order valence-corrected chi connectivity index (χ3v) is 3.73. The number of hydrogen-bond donors (Lipinski definition) is 1. The second-order valence-corrected chi connectivity index (χ2v) is 5.76. The SMILES string of the molecule is CC(C=CC1C(C)C(=O)C(=O)CC1(C)C)=CCO. The Bertz CT molecular complexity index is 402. The Balaban J connectivity index is 2.94. The van der Waals surface area contributed by atoms with Crippen LogP contribution < -0.4 is 0 Å². The zero-order valence-corrected chi connectivity index (χ0v) is 11.6. The van der Waals surface area contributed by atoms with Crippen molar-refractivity contribution in [3.05, 3.63) is 23.8 Å². The summed E-state index contributed by atoms with van der Waals surface area (Å²) in [6.07, 6.45) is 5.94. The van der Waals surface area contributed by atoms with E-state index in [1.165, 1.54) is 0 Å². The van der Waals surface area contributed by atoms with Crippen molar-refractivity contribution >= 4 is 11.6 Å². The van der Waals surface area contributed by atoms with E-state index in [9.17, 15) is 9.59 Å². The molecule has 2 unspecified atom stereocenters. The van der Waals surface area contributed by atoms with Crippen LogP contribution in [0.3, 0.4) is 0 Å². The van der Waals surface area contributed by atoms with E-state index in [2.05, 4.69) is 0 Å². The third kappa shape index (κ3) is 3.16. The van der Waals surface area contributed by atoms with Crippen LogP contribution in [0.4, 0.5) is 0 Å². The zero-order chi connectivity index (χ0) is 13.9. The quantitative estimate of drug-likeness (QED) is 0.617. The van der Waals surface area contributed by atoms with Gasteiger partial charge in [-0.25, -0.2) is 0 Å². The lowest BCUT2D eigenvalue weighted by molar-refractivity contribution is -0.145. The molecule has 1 N–H and O–H groups in total. The zero-order valence-electron chi connectivity index (χ0n) is 11.6. The molecule has 0 aromatic rings. The summed E-state index contributed by atoms with van der Waals surface area (Å²) in [4.78, 5) is 23.3. The van der Waals surface area contributed by atoms with E-state index in [1.54, 1.807) is 6.08 Å². The van der Waals surface area contributed by atoms with Crippen molar-refractivity contribution in [1.82, 2.24) is 0 Å². The van der Waals surface area contributed by atoms with Gasteiger partial charge in [-0.15, -0.1) is 0 Å². The fourth-order valence-electron chi connectivity index (χ4n) is 2.61. The second kappa shape index (κ2) is 5.61. The monoisotopic (exact) mass is 250 g/mol. The summed E-state index contributed by atoms with van der Waals surface area (Å²) in [5.74, 6) is -0.711. The minimum atomic E-state index is -0.264. The van der Waals surface area contributed by atoms with Gasteiger partial charge in [0.15, 0.2) is 5.78 Å². The van der Waals surface area contributed by atoms with Crippen LogP contribution in [0.5, 0.6) is 0 Å². The Hall–Kier alpha value is -1.22. The molecule has 0 saturated heterocycles. The Morgan fingerprint density at radius 3 is 2.61 bits per heavy atom. The molecule has 1 aliphatic carbocycles. The fourth-order valence-corrected chi connectivity index (χ4v) is 2.61. The molecule has 1 saturated carbocycles. The molecule has 0 aromatic carbocycles. The summed E-state index contributed by atoms with van der Waals surface area (Å²) in [6.45, 7) is 7.78. The van der Waals surface area contributed by atoms with Crippen molar-refractivity contribution in [2.45, 2.75) is 34.1 Å². The molecule has 1 aliphatic rings. The van der Waals surface area contributed by atoms with Crippen molar-refractivity contribution in [3.63, 3.8) is 0 Å². The smallest absolute Gasteiger partial charge is 0.201 e. The van der Waals surface area contributed by atoms with Gasteiger partial charge in [0.25, 0.3) is 0 Å². The standard InChI is InChI=1S/C15H22O3/c1-10(7-8-16)5-6-12-11(2)14(18)13(17)9-15(12,3)4/h5-7,11-12,16H,8-9H2,1-4H3. The minimum absolute atomic E-state index is 0.0111. The van der Waals surface area contributed by atoms with Gasteiger partial charge in [-0.05, 0) is 18.3 Å². The first-order valence-corrected chi connectivity index (χ1v) is 6.32. The van der Waals surface area contributed by atoms with Crippen LogP contribution in [0.25, 0.3) is 0 Å². The molecule has 0 spiro atoms. The van der Waals surface area contributed by atoms with Gasteiger partial charge in [0.2, 0.25) is 5.78 Å². The van der Waals surface area contributed by atoms with E-state index >= 15 is 0 Å². The van der Waals surface area contributed by atoms with Crippen LogP contribution in [0.2, 0.25) is 0 Å². The fraction of sp³-hybridized carbons (Fsp3) is 0.600. The highest BCUT2D eigenvalue weighted by Crippen LogP contribution is 2.41. The normalized spacial score (nSPS) is 29.1. The van der Waals surface area contributed by atoms with E-state index in [0.29, 0.717) is 6.42 Å². The molecule has 0 amide bonds. The highest BCUT2D eigenvalue weighted by atomic mass is 16.2. The molecule has 0 aromatic heterocycles. The molecule has 3 nitrogen and oxygen atoms in total. The van der Waals surface area contributed by atoms with E-state index in [-0.39, 0.29) is 35.4 Å². The molecule has 100 valence electrons. The number of hydrogen-bond acceptors (Lipinski definition) is 3. The summed E-state index contributed by atoms with van der Waals surface area (Å²) in [5.41, 5.74) is 0.769. The van der Waals surface area contributed by atoms with Gasteiger partial charge in [-0.1, -0.05) is 44.6 Å². The summed E-state index contributed by atoms with van der Waals surface area (Å²) >= 11 is 0. The van der Waals surface area contributed by atoms with Crippen molar-refractivity contribution in [1.29, 1.82) is 0 Å². The maximum Gasteiger partial charge on any atom is 0.201 e. The third-order valence-electron chi connectivity index (χ3n) is 3.73. The lowest BCUT2D eigenvalue weighted by Gasteiger charge is -2.39. The predicted molar refractivity (Wildman–Crippen MR) is 71.0 cm³/mol. The molecule has 18 heavy (non-hydrogen) atoms. The maximum absolute atomic E-state index is 11.8. The van der Waals surface area contributed by atoms with Crippen LogP contribution in [-0.2, 0) is 9.59 Å². The van der Waals surface area contributed by atoms with Crippen molar-refractivity contribution in [3.8, 4) is 0 Å². The number of ketones is 2. The molecule has 0 bridgehead atoms. The van der Waals surface area contributed by atoms with Gasteiger partial charge in [0.1, 0.15) is 0 Å². The Kier molecular flexibility index (Phi) is 4.63. The van der Waals surface area contributed by atoms with Gasteiger partial charge in [-0.3, -0.25) is 9.59 Å². The second-order valence-electron chi connectivity index (χ2n) is 5.76. The van der Waals surface area contributed by atoms with E-state index < -0.39 is 0 Å². The summed E-state index contributed by atoms with van der Waals surface area (Å²) in [7, 11) is 0. The van der Waals surface area contributed by atoms with E-state index in [1.807, 2.05) is 39.8 Å². The van der Waals surface area contributed by atoms with Crippen molar-refractivity contribution < 1.29 is 14.7 Å². The maximum atomic E-state index is 11.8. The van der Waals surface area contributed by atoms with E-state index in [4.69, 9.17) is 5.11 Å². The number of aliphatic hydroxyl groups excluding tert-OH is 1. The van der Waals surface area contributed by atoms with Gasteiger partial charge in [0, 0.05) is 12.3 Å². The number of Topliss-reactive ketones (excluding diaryl/α,β-unsaturated/α-hetero) is 2. The number of aliphatic hydroxyl groups is 1. The van der Waals surface area contributed by atoms with Crippen LogP contribution in [-0.4, -0.2) is 23.3 Å². The Morgan fingerprint density at radius 1 is 1.44 bits per heavy atom. The molecular formula is C15H22O3. The highest BCUT2D eigenvalue weighted by Gasteiger charge is 2.44. The molecule has 2 atom stereocenters. The van der Waals surface area contributed by atoms with Gasteiger partial charge in [-0.2, -0.15) is 0 Å². The van der Waals surface area contributed by atoms with Gasteiger partial charge in [0.05, 0.1) is 6.61 Å². The lowest BCUT2D eigenvalue weighted by atomic mass is 9.63. The Labute approximate surface area is 109 Å². The lowest BCUT2D eigenvalue weighted by Crippen LogP contribution is -2.43. The molecule has 1 fully saturated rings. The summed E-state index contributed by atoms with van der Waals surface area (Å²) in [5, 5.41) is 8.80. The predicted octanol–water partition coefficient (Wildman–Crippen LogP) is 2.30. The first-order valence-electron chi connectivity index (χ1n) is 6.32. The Morgan fingerprint density at radius 2 is 2.06 bits per heavy atom. The van der Waals surface area contributed by atoms with Crippen LogP contribution in [0.1, 0.15) is 34.1 Å². The number of rotatable bonds is 3. The first kappa shape index (κ1) is 14.8. The van der Waals surface area contributed by atoms with E-state index in [0.717, 1.165) is 5.57 Å². The molecule has 0 aliphatic heterocycles. The first-order chi connectivity index (χ1) is 8.29. The average Bonchev–Trinajstić information content (AvgIpc) is 2.25. The minimum Gasteiger partial charge on any atom is -0.392 e. The highest BCUT2D eigenvalue weighted by molar-refractivity contribution is 6.38. The summed E-state index contributed by atoms with van der Waals surface area (Å²) < 4.78 is 0. The number of allylic oxidation sites excluding steroid dienone is 3. The molecule has 3 heteroatoms. The van der Waals surface area contributed by atoms with Crippen LogP contribution >= 0.6 is 0 Å². The number of carbonyl (C=O) groups is 2. The molecule has 0 heterocycles. The van der Waals surface area contributed by atoms with Crippen molar-refractivity contribution in [2.24, 2.45) is 17.3 Å². The van der Waals surface area contributed by atoms with Gasteiger partial charge < -0.3 is 5.11 Å². The molecule has 0 radical (unpaired) electrons. The average molecular weight is 250 g/mol. The molecule has 1 rings (SSSR count). The summed E-state index contributed by atoms with van der Waals surface area (Å²) in [6, 6.07) is 0. The van der Waals surface area contributed by atoms with Crippen LogP contribution in [0, 0.1) is 17.3 Å². The topological polar surface area (TPSA) is 54.4 Å². The van der Waals surface area contributed by atoms with Gasteiger partial charge >= 0.3 is 0 Å². The molecular weight excluding hydrogens is 228 g/mol. The van der Waals surface area contributed by atoms with Crippen LogP contribution in [0.15, 0.2) is 23.8 Å². The number of carbonyl (C=O) groups excluding carboxylic acids is 2.